The summed E-state index contributed by atoms with van der Waals surface area (Å²) >= 11 is 3.37. The van der Waals surface area contributed by atoms with Crippen molar-refractivity contribution in [3.63, 3.8) is 0 Å². The summed E-state index contributed by atoms with van der Waals surface area (Å²) in [5, 5.41) is 0. The van der Waals surface area contributed by atoms with Gasteiger partial charge in [-0.1, -0.05) is 15.9 Å². The Hall–Kier alpha value is -1.95. The highest BCUT2D eigenvalue weighted by atomic mass is 79.9. The number of halogens is 1. The number of aryl methyl sites for hydroxylation is 2. The maximum Gasteiger partial charge on any atom is 0.299 e. The van der Waals surface area contributed by atoms with Gasteiger partial charge < -0.3 is 9.47 Å². The fourth-order valence-corrected chi connectivity index (χ4v) is 3.22. The maximum absolute atomic E-state index is 12.2. The number of aromatic nitrogens is 2. The van der Waals surface area contributed by atoms with Gasteiger partial charge in [0.15, 0.2) is 0 Å². The molecule has 0 spiro atoms. The minimum absolute atomic E-state index is 0.419. The Bertz CT molecular complexity index is 710. The smallest absolute Gasteiger partial charge is 0.299 e. The van der Waals surface area contributed by atoms with E-state index in [2.05, 4.69) is 20.9 Å². The van der Waals surface area contributed by atoms with Crippen molar-refractivity contribution >= 4 is 33.3 Å². The van der Waals surface area contributed by atoms with Crippen LogP contribution >= 0.6 is 15.9 Å². The van der Waals surface area contributed by atoms with E-state index in [9.17, 15) is 9.59 Å². The van der Waals surface area contributed by atoms with Crippen molar-refractivity contribution in [3.8, 4) is 0 Å². The first kappa shape index (κ1) is 14.0. The van der Waals surface area contributed by atoms with E-state index < -0.39 is 11.7 Å². The molecule has 0 atom stereocenters. The van der Waals surface area contributed by atoms with Crippen LogP contribution in [0.2, 0.25) is 0 Å². The van der Waals surface area contributed by atoms with E-state index in [1.807, 2.05) is 23.8 Å². The van der Waals surface area contributed by atoms with Crippen LogP contribution in [0.15, 0.2) is 35.3 Å². The molecule has 21 heavy (non-hydrogen) atoms. The molecule has 0 fully saturated rings. The number of carbonyl (C=O) groups is 2. The number of hydrogen-bond donors (Lipinski definition) is 0. The van der Waals surface area contributed by atoms with E-state index in [0.29, 0.717) is 12.1 Å². The Morgan fingerprint density at radius 2 is 2.05 bits per heavy atom. The maximum atomic E-state index is 12.2. The summed E-state index contributed by atoms with van der Waals surface area (Å²) in [6.07, 6.45) is 6.12. The summed E-state index contributed by atoms with van der Waals surface area (Å²) in [4.78, 5) is 29.8. The van der Waals surface area contributed by atoms with Crippen molar-refractivity contribution in [2.24, 2.45) is 0 Å². The molecule has 6 heteroatoms. The van der Waals surface area contributed by atoms with Crippen LogP contribution in [0.5, 0.6) is 0 Å². The number of rotatable bonds is 4. The van der Waals surface area contributed by atoms with Gasteiger partial charge in [0.1, 0.15) is 0 Å². The third-order valence-electron chi connectivity index (χ3n) is 3.58. The SMILES string of the molecule is Cc1cc(Br)cc2c1N(CCCn1ccnc1)C(=O)C2=O. The zero-order valence-electron chi connectivity index (χ0n) is 11.5. The van der Waals surface area contributed by atoms with Gasteiger partial charge in [0.25, 0.3) is 11.7 Å². The molecule has 0 aliphatic carbocycles. The summed E-state index contributed by atoms with van der Waals surface area (Å²) in [6.45, 7) is 3.21. The lowest BCUT2D eigenvalue weighted by atomic mass is 10.1. The van der Waals surface area contributed by atoms with Crippen LogP contribution in [0.1, 0.15) is 22.3 Å². The molecule has 5 nitrogen and oxygen atoms in total. The monoisotopic (exact) mass is 347 g/mol. The van der Waals surface area contributed by atoms with Gasteiger partial charge in [0.05, 0.1) is 17.6 Å². The van der Waals surface area contributed by atoms with Crippen molar-refractivity contribution in [1.82, 2.24) is 9.55 Å². The number of carbonyl (C=O) groups excluding carboxylic acids is 2. The number of benzene rings is 1. The van der Waals surface area contributed by atoms with Crippen LogP contribution in [0.4, 0.5) is 5.69 Å². The first-order valence-electron chi connectivity index (χ1n) is 6.70. The van der Waals surface area contributed by atoms with E-state index >= 15 is 0 Å². The van der Waals surface area contributed by atoms with Crippen molar-refractivity contribution in [3.05, 3.63) is 46.5 Å². The van der Waals surface area contributed by atoms with Gasteiger partial charge >= 0.3 is 0 Å². The first-order chi connectivity index (χ1) is 10.1. The van der Waals surface area contributed by atoms with E-state index in [4.69, 9.17) is 0 Å². The van der Waals surface area contributed by atoms with E-state index in [0.717, 1.165) is 28.7 Å². The second-order valence-corrected chi connectivity index (χ2v) is 5.97. The van der Waals surface area contributed by atoms with Crippen LogP contribution < -0.4 is 4.90 Å². The molecule has 0 unspecified atom stereocenters. The molecule has 0 saturated heterocycles. The summed E-state index contributed by atoms with van der Waals surface area (Å²) < 4.78 is 2.78. The highest BCUT2D eigenvalue weighted by molar-refractivity contribution is 9.10. The fourth-order valence-electron chi connectivity index (χ4n) is 2.65. The Balaban J connectivity index is 1.81. The van der Waals surface area contributed by atoms with Crippen LogP contribution in [-0.4, -0.2) is 27.8 Å². The van der Waals surface area contributed by atoms with Crippen molar-refractivity contribution in [1.29, 1.82) is 0 Å². The molecule has 0 bridgehead atoms. The molecular weight excluding hydrogens is 334 g/mol. The molecule has 0 radical (unpaired) electrons. The normalized spacial score (nSPS) is 13.9. The number of anilines is 1. The highest BCUT2D eigenvalue weighted by Crippen LogP contribution is 2.35. The van der Waals surface area contributed by atoms with Crippen LogP contribution in [-0.2, 0) is 11.3 Å². The number of nitrogens with zero attached hydrogens (tertiary/aromatic N) is 3. The number of Topliss-reactive ketones (excluding diaryl/α,β-unsaturated/α-hetero) is 1. The zero-order valence-corrected chi connectivity index (χ0v) is 13.1. The lowest BCUT2D eigenvalue weighted by Crippen LogP contribution is -2.31. The predicted molar refractivity (Wildman–Crippen MR) is 82.4 cm³/mol. The Morgan fingerprint density at radius 3 is 2.76 bits per heavy atom. The summed E-state index contributed by atoms with van der Waals surface area (Å²) in [5.41, 5.74) is 2.18. The molecule has 108 valence electrons. The molecule has 1 aromatic heterocycles. The number of ketones is 1. The molecule has 0 saturated carbocycles. The lowest BCUT2D eigenvalue weighted by molar-refractivity contribution is -0.114. The highest BCUT2D eigenvalue weighted by Gasteiger charge is 2.36. The summed E-state index contributed by atoms with van der Waals surface area (Å²) in [6, 6.07) is 3.64. The van der Waals surface area contributed by atoms with E-state index in [-0.39, 0.29) is 0 Å². The van der Waals surface area contributed by atoms with Gasteiger partial charge in [0, 0.05) is 30.0 Å². The quantitative estimate of drug-likeness (QED) is 0.798. The van der Waals surface area contributed by atoms with Gasteiger partial charge in [-0.15, -0.1) is 0 Å². The molecule has 2 aromatic rings. The van der Waals surface area contributed by atoms with Crippen LogP contribution in [0, 0.1) is 6.92 Å². The van der Waals surface area contributed by atoms with Gasteiger partial charge in [0.2, 0.25) is 0 Å². The second kappa shape index (κ2) is 5.44. The Labute approximate surface area is 130 Å². The van der Waals surface area contributed by atoms with Gasteiger partial charge in [-0.2, -0.15) is 0 Å². The molecule has 1 aliphatic heterocycles. The van der Waals surface area contributed by atoms with E-state index in [1.165, 1.54) is 0 Å². The number of amides is 1. The third kappa shape index (κ3) is 2.51. The van der Waals surface area contributed by atoms with Crippen LogP contribution in [0.25, 0.3) is 0 Å². The standard InChI is InChI=1S/C15H14BrN3O2/c1-10-7-11(16)8-12-13(10)19(15(21)14(12)20)5-2-4-18-6-3-17-9-18/h3,6-9H,2,4-5H2,1H3. The molecule has 1 aromatic carbocycles. The third-order valence-corrected chi connectivity index (χ3v) is 4.03. The Morgan fingerprint density at radius 1 is 1.24 bits per heavy atom. The number of fused-ring (bicyclic) bond motifs is 1. The lowest BCUT2D eigenvalue weighted by Gasteiger charge is -2.18. The first-order valence-corrected chi connectivity index (χ1v) is 7.49. The Kier molecular flexibility index (Phi) is 3.63. The molecular formula is C15H14BrN3O2. The zero-order chi connectivity index (χ0) is 15.0. The molecule has 1 amide bonds. The second-order valence-electron chi connectivity index (χ2n) is 5.06. The van der Waals surface area contributed by atoms with Gasteiger partial charge in [-0.3, -0.25) is 9.59 Å². The largest absolute Gasteiger partial charge is 0.337 e. The topological polar surface area (TPSA) is 55.2 Å². The molecule has 1 aliphatic rings. The number of hydrogen-bond acceptors (Lipinski definition) is 3. The van der Waals surface area contributed by atoms with Crippen LogP contribution in [0.3, 0.4) is 0 Å². The van der Waals surface area contributed by atoms with Gasteiger partial charge in [-0.25, -0.2) is 4.98 Å². The molecule has 0 N–H and O–H groups in total. The average Bonchev–Trinajstić information content (AvgIpc) is 3.02. The minimum Gasteiger partial charge on any atom is -0.337 e. The molecule has 3 rings (SSSR count). The fraction of sp³-hybridized carbons (Fsp3) is 0.267. The van der Waals surface area contributed by atoms with Crippen molar-refractivity contribution in [2.75, 3.05) is 11.4 Å². The van der Waals surface area contributed by atoms with E-state index in [1.54, 1.807) is 23.5 Å². The van der Waals surface area contributed by atoms with Gasteiger partial charge in [-0.05, 0) is 31.0 Å². The predicted octanol–water partition coefficient (Wildman–Crippen LogP) is 2.57. The minimum atomic E-state index is -0.433. The average molecular weight is 348 g/mol. The van der Waals surface area contributed by atoms with Crippen molar-refractivity contribution < 1.29 is 9.59 Å². The summed E-state index contributed by atoms with van der Waals surface area (Å²) in [5.74, 6) is -0.853. The number of imidazole rings is 1. The molecule has 2 heterocycles. The summed E-state index contributed by atoms with van der Waals surface area (Å²) in [7, 11) is 0. The van der Waals surface area contributed by atoms with Crippen molar-refractivity contribution in [2.45, 2.75) is 19.9 Å².